The summed E-state index contributed by atoms with van der Waals surface area (Å²) < 4.78 is 24.3. The number of para-hydroxylation sites is 1. The van der Waals surface area contributed by atoms with Gasteiger partial charge < -0.3 is 9.15 Å². The van der Waals surface area contributed by atoms with E-state index in [4.69, 9.17) is 20.8 Å². The largest absolute Gasteiger partial charge is 0.482 e. The van der Waals surface area contributed by atoms with Crippen molar-refractivity contribution in [1.82, 2.24) is 10.9 Å². The van der Waals surface area contributed by atoms with E-state index < -0.39 is 17.6 Å². The fourth-order valence-electron chi connectivity index (χ4n) is 2.19. The summed E-state index contributed by atoms with van der Waals surface area (Å²) in [5.74, 6) is -1.29. The lowest BCUT2D eigenvalue weighted by atomic mass is 10.1. The zero-order chi connectivity index (χ0) is 19.2. The van der Waals surface area contributed by atoms with E-state index in [0.717, 1.165) is 0 Å². The van der Waals surface area contributed by atoms with E-state index in [-0.39, 0.29) is 23.7 Å². The van der Waals surface area contributed by atoms with Crippen molar-refractivity contribution in [1.29, 1.82) is 0 Å². The molecule has 0 spiro atoms. The SMILES string of the molecule is O=C(COc1ccccc1Cl)NNC(=O)c1ccc(-c2ccccc2F)o1. The van der Waals surface area contributed by atoms with Crippen LogP contribution in [0.1, 0.15) is 10.6 Å². The van der Waals surface area contributed by atoms with E-state index >= 15 is 0 Å². The highest BCUT2D eigenvalue weighted by atomic mass is 35.5. The van der Waals surface area contributed by atoms with Crippen LogP contribution in [0.4, 0.5) is 4.39 Å². The lowest BCUT2D eigenvalue weighted by molar-refractivity contribution is -0.123. The van der Waals surface area contributed by atoms with Crippen LogP contribution < -0.4 is 15.6 Å². The number of carbonyl (C=O) groups is 2. The fraction of sp³-hybridized carbons (Fsp3) is 0.0526. The minimum absolute atomic E-state index is 0.0828. The Morgan fingerprint density at radius 3 is 2.52 bits per heavy atom. The number of furan rings is 1. The summed E-state index contributed by atoms with van der Waals surface area (Å²) in [5.41, 5.74) is 4.61. The Bertz CT molecular complexity index is 974. The first-order chi connectivity index (χ1) is 13.0. The van der Waals surface area contributed by atoms with Crippen LogP contribution in [0, 0.1) is 5.82 Å². The van der Waals surface area contributed by atoms with Crippen molar-refractivity contribution in [3.05, 3.63) is 77.3 Å². The number of nitrogens with one attached hydrogen (secondary N) is 2. The molecule has 2 N–H and O–H groups in total. The minimum Gasteiger partial charge on any atom is -0.482 e. The molecule has 0 saturated carbocycles. The van der Waals surface area contributed by atoms with Gasteiger partial charge in [0.1, 0.15) is 17.3 Å². The molecule has 0 saturated heterocycles. The molecule has 2 amide bonds. The second-order valence-electron chi connectivity index (χ2n) is 5.37. The van der Waals surface area contributed by atoms with Crippen LogP contribution in [-0.2, 0) is 4.79 Å². The van der Waals surface area contributed by atoms with Gasteiger partial charge in [-0.05, 0) is 36.4 Å². The maximum Gasteiger partial charge on any atom is 0.305 e. The van der Waals surface area contributed by atoms with Gasteiger partial charge in [-0.2, -0.15) is 0 Å². The molecular weight excluding hydrogens is 375 g/mol. The lowest BCUT2D eigenvalue weighted by Crippen LogP contribution is -2.43. The number of ether oxygens (including phenoxy) is 1. The zero-order valence-corrected chi connectivity index (χ0v) is 14.6. The highest BCUT2D eigenvalue weighted by Gasteiger charge is 2.15. The highest BCUT2D eigenvalue weighted by Crippen LogP contribution is 2.25. The smallest absolute Gasteiger partial charge is 0.305 e. The van der Waals surface area contributed by atoms with Crippen LogP contribution in [-0.4, -0.2) is 18.4 Å². The molecule has 0 radical (unpaired) electrons. The molecule has 138 valence electrons. The number of hydrazine groups is 1. The molecule has 0 unspecified atom stereocenters. The number of amides is 2. The summed E-state index contributed by atoms with van der Waals surface area (Å²) in [5, 5.41) is 0.366. The van der Waals surface area contributed by atoms with E-state index in [1.54, 1.807) is 36.4 Å². The van der Waals surface area contributed by atoms with Gasteiger partial charge in [0.2, 0.25) is 0 Å². The van der Waals surface area contributed by atoms with Crippen LogP contribution in [0.15, 0.2) is 65.1 Å². The topological polar surface area (TPSA) is 80.6 Å². The van der Waals surface area contributed by atoms with Crippen LogP contribution in [0.5, 0.6) is 5.75 Å². The molecule has 3 rings (SSSR count). The first-order valence-electron chi connectivity index (χ1n) is 7.86. The summed E-state index contributed by atoms with van der Waals surface area (Å²) >= 11 is 5.91. The molecule has 0 atom stereocenters. The highest BCUT2D eigenvalue weighted by molar-refractivity contribution is 6.32. The van der Waals surface area contributed by atoms with Crippen molar-refractivity contribution >= 4 is 23.4 Å². The fourth-order valence-corrected chi connectivity index (χ4v) is 2.39. The minimum atomic E-state index is -0.691. The summed E-state index contributed by atoms with van der Waals surface area (Å²) in [6, 6.07) is 15.6. The molecule has 2 aromatic carbocycles. The Kier molecular flexibility index (Phi) is 5.73. The van der Waals surface area contributed by atoms with Gasteiger partial charge in [0.25, 0.3) is 5.91 Å². The van der Waals surface area contributed by atoms with E-state index in [9.17, 15) is 14.0 Å². The van der Waals surface area contributed by atoms with Crippen LogP contribution in [0.25, 0.3) is 11.3 Å². The predicted octanol–water partition coefficient (Wildman–Crippen LogP) is 3.58. The zero-order valence-electron chi connectivity index (χ0n) is 13.9. The number of hydrogen-bond donors (Lipinski definition) is 2. The van der Waals surface area contributed by atoms with Gasteiger partial charge in [0.05, 0.1) is 10.6 Å². The van der Waals surface area contributed by atoms with Crippen LogP contribution >= 0.6 is 11.6 Å². The third-order valence-electron chi connectivity index (χ3n) is 3.48. The van der Waals surface area contributed by atoms with E-state index in [0.29, 0.717) is 10.8 Å². The summed E-state index contributed by atoms with van der Waals surface area (Å²) in [7, 11) is 0. The molecule has 27 heavy (non-hydrogen) atoms. The van der Waals surface area contributed by atoms with E-state index in [1.165, 1.54) is 24.3 Å². The summed E-state index contributed by atoms with van der Waals surface area (Å²) in [6.07, 6.45) is 0. The molecule has 3 aromatic rings. The second-order valence-corrected chi connectivity index (χ2v) is 5.77. The Morgan fingerprint density at radius 2 is 1.74 bits per heavy atom. The van der Waals surface area contributed by atoms with Crippen molar-refractivity contribution in [2.75, 3.05) is 6.61 Å². The van der Waals surface area contributed by atoms with Gasteiger partial charge in [0.15, 0.2) is 12.4 Å². The van der Waals surface area contributed by atoms with Crippen molar-refractivity contribution in [2.24, 2.45) is 0 Å². The van der Waals surface area contributed by atoms with Gasteiger partial charge in [-0.15, -0.1) is 0 Å². The average molecular weight is 389 g/mol. The Labute approximate surface area is 158 Å². The molecule has 0 bridgehead atoms. The summed E-state index contributed by atoms with van der Waals surface area (Å²) in [4.78, 5) is 23.8. The van der Waals surface area contributed by atoms with Crippen molar-refractivity contribution in [2.45, 2.75) is 0 Å². The normalized spacial score (nSPS) is 10.3. The van der Waals surface area contributed by atoms with Gasteiger partial charge in [-0.1, -0.05) is 35.9 Å². The van der Waals surface area contributed by atoms with E-state index in [2.05, 4.69) is 10.9 Å². The Balaban J connectivity index is 1.53. The predicted molar refractivity (Wildman–Crippen MR) is 96.7 cm³/mol. The van der Waals surface area contributed by atoms with Crippen molar-refractivity contribution in [3.63, 3.8) is 0 Å². The monoisotopic (exact) mass is 388 g/mol. The molecular formula is C19H14ClFN2O4. The van der Waals surface area contributed by atoms with Crippen LogP contribution in [0.3, 0.4) is 0 Å². The number of rotatable bonds is 5. The number of carbonyl (C=O) groups excluding carboxylic acids is 2. The van der Waals surface area contributed by atoms with Gasteiger partial charge >= 0.3 is 5.91 Å². The third kappa shape index (κ3) is 4.65. The first-order valence-corrected chi connectivity index (χ1v) is 8.23. The Hall–Kier alpha value is -3.32. The molecule has 6 nitrogen and oxygen atoms in total. The summed E-state index contributed by atoms with van der Waals surface area (Å²) in [6.45, 7) is -0.345. The maximum absolute atomic E-state index is 13.8. The number of halogens is 2. The average Bonchev–Trinajstić information content (AvgIpc) is 3.16. The number of hydrogen-bond acceptors (Lipinski definition) is 4. The van der Waals surface area contributed by atoms with Crippen molar-refractivity contribution in [3.8, 4) is 17.1 Å². The molecule has 0 aliphatic rings. The molecule has 1 aromatic heterocycles. The standard InChI is InChI=1S/C19H14ClFN2O4/c20-13-6-2-4-8-16(13)26-11-18(24)22-23-19(25)17-10-9-15(27-17)12-5-1-3-7-14(12)21/h1-10H,11H2,(H,22,24)(H,23,25). The molecule has 0 fully saturated rings. The quantitative estimate of drug-likeness (QED) is 0.655. The lowest BCUT2D eigenvalue weighted by Gasteiger charge is -2.08. The molecule has 1 heterocycles. The van der Waals surface area contributed by atoms with E-state index in [1.807, 2.05) is 0 Å². The Morgan fingerprint density at radius 1 is 1.00 bits per heavy atom. The van der Waals surface area contributed by atoms with Gasteiger partial charge in [0, 0.05) is 0 Å². The maximum atomic E-state index is 13.8. The molecule has 0 aliphatic carbocycles. The molecule has 0 aliphatic heterocycles. The van der Waals surface area contributed by atoms with Crippen LogP contribution in [0.2, 0.25) is 5.02 Å². The molecule has 8 heteroatoms. The van der Waals surface area contributed by atoms with Crippen molar-refractivity contribution < 1.29 is 23.1 Å². The number of benzene rings is 2. The second kappa shape index (κ2) is 8.37. The first kappa shape index (κ1) is 18.5. The van der Waals surface area contributed by atoms with Gasteiger partial charge in [-0.3, -0.25) is 20.4 Å². The third-order valence-corrected chi connectivity index (χ3v) is 3.79. The van der Waals surface area contributed by atoms with Gasteiger partial charge in [-0.25, -0.2) is 4.39 Å².